The van der Waals surface area contributed by atoms with Gasteiger partial charge in [0.25, 0.3) is 0 Å². The molecular weight excluding hydrogens is 385 g/mol. The lowest BCUT2D eigenvalue weighted by Gasteiger charge is -2.22. The summed E-state index contributed by atoms with van der Waals surface area (Å²) in [6.07, 6.45) is 0. The topological polar surface area (TPSA) is 72.5 Å². The SMILES string of the molecule is COC(=O)[C@H](NS(=O)(=O)c1ccc(C)cc1)[C@H](Cl)c1ccccc1Cl. The molecule has 2 atom stereocenters. The molecule has 0 amide bonds. The van der Waals surface area contributed by atoms with Crippen LogP contribution in [0.5, 0.6) is 0 Å². The van der Waals surface area contributed by atoms with E-state index >= 15 is 0 Å². The second-order valence-electron chi connectivity index (χ2n) is 5.36. The second-order valence-corrected chi connectivity index (χ2v) is 7.95. The van der Waals surface area contributed by atoms with Crippen LogP contribution < -0.4 is 4.72 Å². The van der Waals surface area contributed by atoms with Crippen LogP contribution in [0.25, 0.3) is 0 Å². The highest BCUT2D eigenvalue weighted by Crippen LogP contribution is 2.31. The summed E-state index contributed by atoms with van der Waals surface area (Å²) in [7, 11) is -2.82. The fourth-order valence-corrected chi connectivity index (χ4v) is 4.12. The van der Waals surface area contributed by atoms with Crippen molar-refractivity contribution in [1.29, 1.82) is 0 Å². The first kappa shape index (κ1) is 19.7. The third-order valence-corrected chi connectivity index (χ3v) is 5.85. The molecule has 0 aliphatic rings. The number of rotatable bonds is 6. The highest BCUT2D eigenvalue weighted by atomic mass is 35.5. The molecule has 8 heteroatoms. The molecule has 2 aromatic rings. The lowest BCUT2D eigenvalue weighted by Crippen LogP contribution is -2.44. The first-order chi connectivity index (χ1) is 11.8. The summed E-state index contributed by atoms with van der Waals surface area (Å²) in [5.74, 6) is -0.810. The Kier molecular flexibility index (Phi) is 6.46. The van der Waals surface area contributed by atoms with Gasteiger partial charge in [0.1, 0.15) is 6.04 Å². The number of methoxy groups -OCH3 is 1. The molecular formula is C17H17Cl2NO4S. The molecule has 0 radical (unpaired) electrons. The lowest BCUT2D eigenvalue weighted by molar-refractivity contribution is -0.142. The summed E-state index contributed by atoms with van der Waals surface area (Å²) < 4.78 is 32.2. The summed E-state index contributed by atoms with van der Waals surface area (Å²) in [4.78, 5) is 12.1. The van der Waals surface area contributed by atoms with E-state index in [1.54, 1.807) is 36.4 Å². The van der Waals surface area contributed by atoms with Crippen LogP contribution in [0, 0.1) is 6.92 Å². The van der Waals surface area contributed by atoms with E-state index in [9.17, 15) is 13.2 Å². The van der Waals surface area contributed by atoms with Crippen molar-refractivity contribution in [2.75, 3.05) is 7.11 Å². The Balaban J connectivity index is 2.37. The molecule has 2 aromatic carbocycles. The molecule has 0 spiro atoms. The summed E-state index contributed by atoms with van der Waals surface area (Å²) in [6.45, 7) is 1.84. The summed E-state index contributed by atoms with van der Waals surface area (Å²) in [5.41, 5.74) is 1.34. The van der Waals surface area contributed by atoms with Crippen molar-refractivity contribution >= 4 is 39.2 Å². The van der Waals surface area contributed by atoms with Crippen LogP contribution in [0.4, 0.5) is 0 Å². The number of sulfonamides is 1. The first-order valence-electron chi connectivity index (χ1n) is 7.31. The Hall–Kier alpha value is -1.60. The Bertz CT molecular complexity index is 853. The number of aryl methyl sites for hydroxylation is 1. The van der Waals surface area contributed by atoms with Crippen molar-refractivity contribution in [3.8, 4) is 0 Å². The van der Waals surface area contributed by atoms with Crippen LogP contribution in [0.3, 0.4) is 0 Å². The van der Waals surface area contributed by atoms with Gasteiger partial charge in [-0.1, -0.05) is 47.5 Å². The Morgan fingerprint density at radius 1 is 1.12 bits per heavy atom. The van der Waals surface area contributed by atoms with E-state index in [1.165, 1.54) is 12.1 Å². The minimum atomic E-state index is -3.98. The molecule has 0 bridgehead atoms. The maximum atomic E-state index is 12.6. The fraction of sp³-hybridized carbons (Fsp3) is 0.235. The van der Waals surface area contributed by atoms with Crippen LogP contribution in [-0.4, -0.2) is 27.5 Å². The van der Waals surface area contributed by atoms with Gasteiger partial charge in [0.15, 0.2) is 0 Å². The van der Waals surface area contributed by atoms with Crippen molar-refractivity contribution < 1.29 is 17.9 Å². The standard InChI is InChI=1S/C17H17Cl2NO4S/c1-11-7-9-12(10-8-11)25(22,23)20-16(17(21)24-2)15(19)13-5-3-4-6-14(13)18/h3-10,15-16,20H,1-2H3/t15-,16-/m1/s1. The van der Waals surface area contributed by atoms with Crippen LogP contribution >= 0.6 is 23.2 Å². The third kappa shape index (κ3) is 4.73. The van der Waals surface area contributed by atoms with Crippen LogP contribution in [-0.2, 0) is 19.6 Å². The monoisotopic (exact) mass is 401 g/mol. The predicted octanol–water partition coefficient (Wildman–Crippen LogP) is 3.45. The zero-order chi connectivity index (χ0) is 18.6. The smallest absolute Gasteiger partial charge is 0.325 e. The molecule has 0 unspecified atom stereocenters. The minimum Gasteiger partial charge on any atom is -0.468 e. The van der Waals surface area contributed by atoms with E-state index in [1.807, 2.05) is 6.92 Å². The van der Waals surface area contributed by atoms with E-state index in [4.69, 9.17) is 27.9 Å². The van der Waals surface area contributed by atoms with E-state index in [0.717, 1.165) is 12.7 Å². The molecule has 0 aliphatic heterocycles. The average molecular weight is 402 g/mol. The average Bonchev–Trinajstić information content (AvgIpc) is 2.59. The van der Waals surface area contributed by atoms with E-state index < -0.39 is 27.4 Å². The maximum absolute atomic E-state index is 12.6. The van der Waals surface area contributed by atoms with Gasteiger partial charge in [-0.15, -0.1) is 11.6 Å². The number of halogens is 2. The molecule has 134 valence electrons. The van der Waals surface area contributed by atoms with Gasteiger partial charge >= 0.3 is 5.97 Å². The fourth-order valence-electron chi connectivity index (χ4n) is 2.19. The Morgan fingerprint density at radius 2 is 1.72 bits per heavy atom. The van der Waals surface area contributed by atoms with Crippen molar-refractivity contribution in [1.82, 2.24) is 4.72 Å². The highest BCUT2D eigenvalue weighted by Gasteiger charge is 2.34. The quantitative estimate of drug-likeness (QED) is 0.594. The van der Waals surface area contributed by atoms with Gasteiger partial charge < -0.3 is 4.74 Å². The molecule has 0 saturated heterocycles. The van der Waals surface area contributed by atoms with Crippen molar-refractivity contribution in [2.45, 2.75) is 23.2 Å². The van der Waals surface area contributed by atoms with Gasteiger partial charge in [0.2, 0.25) is 10.0 Å². The number of hydrogen-bond donors (Lipinski definition) is 1. The molecule has 0 aromatic heterocycles. The molecule has 0 saturated carbocycles. The minimum absolute atomic E-state index is 0.0232. The van der Waals surface area contributed by atoms with E-state index in [0.29, 0.717) is 10.6 Å². The number of carbonyl (C=O) groups excluding carboxylic acids is 1. The molecule has 0 aliphatic carbocycles. The number of nitrogens with one attached hydrogen (secondary N) is 1. The number of alkyl halides is 1. The lowest BCUT2D eigenvalue weighted by atomic mass is 10.1. The number of benzene rings is 2. The molecule has 25 heavy (non-hydrogen) atoms. The largest absolute Gasteiger partial charge is 0.468 e. The molecule has 5 nitrogen and oxygen atoms in total. The molecule has 1 N–H and O–H groups in total. The van der Waals surface area contributed by atoms with Gasteiger partial charge in [0.05, 0.1) is 17.4 Å². The second kappa shape index (κ2) is 8.19. The highest BCUT2D eigenvalue weighted by molar-refractivity contribution is 7.89. The normalized spacial score (nSPS) is 13.9. The predicted molar refractivity (Wildman–Crippen MR) is 97.4 cm³/mol. The summed E-state index contributed by atoms with van der Waals surface area (Å²) in [6, 6.07) is 11.5. The molecule has 2 rings (SSSR count). The molecule has 0 fully saturated rings. The zero-order valence-corrected chi connectivity index (χ0v) is 15.9. The number of ether oxygens (including phenoxy) is 1. The summed E-state index contributed by atoms with van der Waals surface area (Å²) in [5, 5.41) is -0.715. The third-order valence-electron chi connectivity index (χ3n) is 3.56. The Morgan fingerprint density at radius 3 is 2.28 bits per heavy atom. The van der Waals surface area contributed by atoms with E-state index in [2.05, 4.69) is 4.72 Å². The first-order valence-corrected chi connectivity index (χ1v) is 9.61. The van der Waals surface area contributed by atoms with Crippen LogP contribution in [0.2, 0.25) is 5.02 Å². The van der Waals surface area contributed by atoms with Gasteiger partial charge in [-0.3, -0.25) is 4.79 Å². The van der Waals surface area contributed by atoms with Gasteiger partial charge in [-0.25, -0.2) is 8.42 Å². The van der Waals surface area contributed by atoms with E-state index in [-0.39, 0.29) is 4.90 Å². The van der Waals surface area contributed by atoms with Gasteiger partial charge in [-0.05, 0) is 30.7 Å². The summed E-state index contributed by atoms with van der Waals surface area (Å²) >= 11 is 12.5. The number of hydrogen-bond acceptors (Lipinski definition) is 4. The number of carbonyl (C=O) groups is 1. The van der Waals surface area contributed by atoms with Crippen LogP contribution in [0.1, 0.15) is 16.5 Å². The van der Waals surface area contributed by atoms with Gasteiger partial charge in [0, 0.05) is 5.02 Å². The number of esters is 1. The molecule has 0 heterocycles. The van der Waals surface area contributed by atoms with Crippen LogP contribution in [0.15, 0.2) is 53.4 Å². The zero-order valence-electron chi connectivity index (χ0n) is 13.6. The Labute approximate surface area is 157 Å². The van der Waals surface area contributed by atoms with Gasteiger partial charge in [-0.2, -0.15) is 4.72 Å². The maximum Gasteiger partial charge on any atom is 0.325 e. The van der Waals surface area contributed by atoms with Crippen molar-refractivity contribution in [3.05, 3.63) is 64.7 Å². The van der Waals surface area contributed by atoms with Crippen molar-refractivity contribution in [2.24, 2.45) is 0 Å². The van der Waals surface area contributed by atoms with Crippen molar-refractivity contribution in [3.63, 3.8) is 0 Å².